The van der Waals surface area contributed by atoms with Crippen molar-refractivity contribution in [2.24, 2.45) is 0 Å². The van der Waals surface area contributed by atoms with Gasteiger partial charge in [-0.25, -0.2) is 0 Å². The van der Waals surface area contributed by atoms with Crippen LogP contribution in [-0.4, -0.2) is 16.4 Å². The molecule has 4 heteroatoms. The Hall–Kier alpha value is -1.25. The molecule has 3 nitrogen and oxygen atoms in total. The summed E-state index contributed by atoms with van der Waals surface area (Å²) in [7, 11) is -2.49. The molecule has 0 atom stereocenters. The minimum Gasteiger partial charge on any atom is -0.328 e. The minimum atomic E-state index is -2.49. The number of unbranched alkanes of at least 4 members (excludes halogenated alkanes) is 3. The molecular weight excluding hydrogens is 511 g/mol. The van der Waals surface area contributed by atoms with Crippen LogP contribution in [0.5, 0.6) is 0 Å². The maximum atomic E-state index is 10.1. The number of rotatable bonds is 10. The molecule has 0 heterocycles. The molecule has 40 heavy (non-hydrogen) atoms. The highest BCUT2D eigenvalue weighted by atomic mass is 31.2. The van der Waals surface area contributed by atoms with Gasteiger partial charge >= 0.3 is 8.60 Å². The monoisotopic (exact) mass is 570 g/mol. The van der Waals surface area contributed by atoms with Crippen LogP contribution in [0.25, 0.3) is 0 Å². The standard InChI is InChI=1S/C36H59O3P/c1-14-15-16-17-22-36(25-39-40(37)38,28-20-18-26(32(2,3)4)23-30(28)34(8,9)10)29-21-19-27(33(5,6)7)24-31(29)35(11,12)13/h18-21,23-24,37-38H,14-17,22,25H2,1-13H3. The smallest absolute Gasteiger partial charge is 0.327 e. The van der Waals surface area contributed by atoms with E-state index in [0.29, 0.717) is 0 Å². The molecule has 0 spiro atoms. The average Bonchev–Trinajstić information content (AvgIpc) is 2.81. The first kappa shape index (κ1) is 34.9. The van der Waals surface area contributed by atoms with Crippen LogP contribution in [0.3, 0.4) is 0 Å². The normalized spacial score (nSPS) is 13.8. The zero-order chi connectivity index (χ0) is 30.7. The summed E-state index contributed by atoms with van der Waals surface area (Å²) in [5, 5.41) is 0. The molecule has 0 aromatic heterocycles. The highest BCUT2D eigenvalue weighted by molar-refractivity contribution is 7.39. The average molecular weight is 571 g/mol. The highest BCUT2D eigenvalue weighted by Crippen LogP contribution is 2.49. The second-order valence-electron chi connectivity index (χ2n) is 15.9. The van der Waals surface area contributed by atoms with Gasteiger partial charge in [0.05, 0.1) is 6.61 Å². The number of hydrogen-bond acceptors (Lipinski definition) is 3. The number of benzene rings is 2. The van der Waals surface area contributed by atoms with Gasteiger partial charge in [0.1, 0.15) is 0 Å². The largest absolute Gasteiger partial charge is 0.328 e. The van der Waals surface area contributed by atoms with Crippen LogP contribution in [0.2, 0.25) is 0 Å². The Labute approximate surface area is 248 Å². The van der Waals surface area contributed by atoms with Crippen LogP contribution in [0.1, 0.15) is 155 Å². The van der Waals surface area contributed by atoms with E-state index in [-0.39, 0.29) is 28.3 Å². The Morgan fingerprint density at radius 1 is 0.575 bits per heavy atom. The first-order valence-electron chi connectivity index (χ1n) is 15.3. The second-order valence-corrected chi connectivity index (χ2v) is 16.7. The third-order valence-corrected chi connectivity index (χ3v) is 8.66. The lowest BCUT2D eigenvalue weighted by Crippen LogP contribution is -2.38. The van der Waals surface area contributed by atoms with E-state index in [1.54, 1.807) is 0 Å². The SMILES string of the molecule is CCCCCCC(COP(O)O)(c1ccc(C(C)(C)C)cc1C(C)(C)C)c1ccc(C(C)(C)C)cc1C(C)(C)C. The van der Waals surface area contributed by atoms with Crippen LogP contribution >= 0.6 is 8.60 Å². The predicted molar refractivity (Wildman–Crippen MR) is 175 cm³/mol. The van der Waals surface area contributed by atoms with Crippen molar-refractivity contribution in [1.29, 1.82) is 0 Å². The Balaban J connectivity index is 3.08. The van der Waals surface area contributed by atoms with Crippen molar-refractivity contribution in [2.75, 3.05) is 6.61 Å². The third-order valence-electron chi connectivity index (χ3n) is 8.30. The molecular formula is C36H59O3P. The summed E-state index contributed by atoms with van der Waals surface area (Å²) in [6.45, 7) is 29.8. The summed E-state index contributed by atoms with van der Waals surface area (Å²) in [5.41, 5.74) is 7.02. The summed E-state index contributed by atoms with van der Waals surface area (Å²) in [6.07, 6.45) is 5.42. The lowest BCUT2D eigenvalue weighted by atomic mass is 9.62. The van der Waals surface area contributed by atoms with E-state index in [9.17, 15) is 9.79 Å². The molecule has 0 saturated carbocycles. The van der Waals surface area contributed by atoms with E-state index in [2.05, 4.69) is 126 Å². The van der Waals surface area contributed by atoms with Gasteiger partial charge in [0, 0.05) is 5.41 Å². The summed E-state index contributed by atoms with van der Waals surface area (Å²) < 4.78 is 5.88. The Kier molecular flexibility index (Phi) is 11.3. The molecule has 0 aliphatic carbocycles. The van der Waals surface area contributed by atoms with Crippen LogP contribution in [0, 0.1) is 0 Å². The Morgan fingerprint density at radius 2 is 1.00 bits per heavy atom. The van der Waals surface area contributed by atoms with Gasteiger partial charge in [-0.2, -0.15) is 0 Å². The van der Waals surface area contributed by atoms with E-state index in [0.717, 1.165) is 19.3 Å². The van der Waals surface area contributed by atoms with E-state index < -0.39 is 14.0 Å². The molecule has 0 aliphatic heterocycles. The summed E-state index contributed by atoms with van der Waals surface area (Å²) in [5.74, 6) is 0. The van der Waals surface area contributed by atoms with Crippen molar-refractivity contribution in [3.05, 3.63) is 69.8 Å². The molecule has 226 valence electrons. The second kappa shape index (κ2) is 12.9. The summed E-state index contributed by atoms with van der Waals surface area (Å²) >= 11 is 0. The van der Waals surface area contributed by atoms with Gasteiger partial charge in [-0.05, 0) is 61.5 Å². The van der Waals surface area contributed by atoms with Gasteiger partial charge in [-0.15, -0.1) is 0 Å². The van der Waals surface area contributed by atoms with Gasteiger partial charge in [0.15, 0.2) is 0 Å². The fourth-order valence-electron chi connectivity index (χ4n) is 5.76. The fourth-order valence-corrected chi connectivity index (χ4v) is 6.10. The van der Waals surface area contributed by atoms with E-state index in [1.165, 1.54) is 46.2 Å². The van der Waals surface area contributed by atoms with Gasteiger partial charge in [-0.1, -0.05) is 152 Å². The van der Waals surface area contributed by atoms with Crippen molar-refractivity contribution < 1.29 is 14.3 Å². The molecule has 0 amide bonds. The maximum Gasteiger partial charge on any atom is 0.327 e. The molecule has 0 saturated heterocycles. The lowest BCUT2D eigenvalue weighted by Gasteiger charge is -2.43. The van der Waals surface area contributed by atoms with Gasteiger partial charge in [0.2, 0.25) is 0 Å². The van der Waals surface area contributed by atoms with E-state index in [4.69, 9.17) is 4.52 Å². The molecule has 0 unspecified atom stereocenters. The Morgan fingerprint density at radius 3 is 1.32 bits per heavy atom. The molecule has 0 bridgehead atoms. The van der Waals surface area contributed by atoms with Gasteiger partial charge < -0.3 is 14.3 Å². The quantitative estimate of drug-likeness (QED) is 0.221. The minimum absolute atomic E-state index is 0.0221. The van der Waals surface area contributed by atoms with Crippen LogP contribution in [0.15, 0.2) is 36.4 Å². The van der Waals surface area contributed by atoms with Crippen molar-refractivity contribution in [3.63, 3.8) is 0 Å². The first-order valence-corrected chi connectivity index (χ1v) is 16.4. The van der Waals surface area contributed by atoms with Crippen LogP contribution < -0.4 is 0 Å². The molecule has 0 fully saturated rings. The van der Waals surface area contributed by atoms with Crippen molar-refractivity contribution in [2.45, 2.75) is 149 Å². The molecule has 0 radical (unpaired) electrons. The summed E-state index contributed by atoms with van der Waals surface area (Å²) in [6, 6.07) is 14.0. The molecule has 2 N–H and O–H groups in total. The van der Waals surface area contributed by atoms with Crippen molar-refractivity contribution in [3.8, 4) is 0 Å². The Bertz CT molecular complexity index is 1030. The lowest BCUT2D eigenvalue weighted by molar-refractivity contribution is 0.195. The first-order chi connectivity index (χ1) is 18.1. The summed E-state index contributed by atoms with van der Waals surface area (Å²) in [4.78, 5) is 20.2. The van der Waals surface area contributed by atoms with Crippen LogP contribution in [-0.2, 0) is 31.6 Å². The zero-order valence-electron chi connectivity index (χ0n) is 28.0. The molecule has 2 aromatic carbocycles. The topological polar surface area (TPSA) is 49.7 Å². The van der Waals surface area contributed by atoms with Crippen LogP contribution in [0.4, 0.5) is 0 Å². The number of hydrogen-bond donors (Lipinski definition) is 2. The zero-order valence-corrected chi connectivity index (χ0v) is 28.9. The predicted octanol–water partition coefficient (Wildman–Crippen LogP) is 10.4. The highest BCUT2D eigenvalue weighted by Gasteiger charge is 2.42. The maximum absolute atomic E-state index is 10.1. The molecule has 2 rings (SSSR count). The third kappa shape index (κ3) is 8.64. The molecule has 0 aliphatic rings. The van der Waals surface area contributed by atoms with E-state index >= 15 is 0 Å². The fraction of sp³-hybridized carbons (Fsp3) is 0.667. The molecule has 2 aromatic rings. The van der Waals surface area contributed by atoms with Gasteiger partial charge in [0.25, 0.3) is 0 Å². The van der Waals surface area contributed by atoms with E-state index in [1.807, 2.05) is 0 Å². The van der Waals surface area contributed by atoms with Crippen molar-refractivity contribution in [1.82, 2.24) is 0 Å². The van der Waals surface area contributed by atoms with Gasteiger partial charge in [-0.3, -0.25) is 0 Å². The van der Waals surface area contributed by atoms with Crippen molar-refractivity contribution >= 4 is 8.60 Å².